The van der Waals surface area contributed by atoms with E-state index in [4.69, 9.17) is 4.42 Å². The number of carbonyl (C=O) groups is 1. The lowest BCUT2D eigenvalue weighted by Crippen LogP contribution is -2.34. The van der Waals surface area contributed by atoms with E-state index in [0.717, 1.165) is 5.69 Å². The molecule has 0 aliphatic rings. The molecule has 20 heavy (non-hydrogen) atoms. The van der Waals surface area contributed by atoms with E-state index in [1.165, 1.54) is 12.6 Å². The highest BCUT2D eigenvalue weighted by atomic mass is 16.4. The van der Waals surface area contributed by atoms with Crippen LogP contribution in [0, 0.1) is 6.92 Å². The number of carbonyl (C=O) groups excluding carboxylic acids is 1. The average Bonchev–Trinajstić information content (AvgIpc) is 2.92. The molecule has 0 aliphatic heterocycles. The fraction of sp³-hybridized carbons (Fsp3) is 0.357. The molecule has 0 radical (unpaired) electrons. The molecule has 2 aromatic rings. The summed E-state index contributed by atoms with van der Waals surface area (Å²) >= 11 is 0. The fourth-order valence-electron chi connectivity index (χ4n) is 1.87. The van der Waals surface area contributed by atoms with Crippen LogP contribution in [-0.4, -0.2) is 27.0 Å². The third kappa shape index (κ3) is 3.64. The molecule has 106 valence electrons. The predicted octanol–water partition coefficient (Wildman–Crippen LogP) is 1.62. The maximum atomic E-state index is 12.0. The van der Waals surface area contributed by atoms with Crippen molar-refractivity contribution < 1.29 is 14.3 Å². The summed E-state index contributed by atoms with van der Waals surface area (Å²) in [4.78, 5) is 19.8. The lowest BCUT2D eigenvalue weighted by Gasteiger charge is -2.16. The van der Waals surface area contributed by atoms with Gasteiger partial charge in [0.1, 0.15) is 23.9 Å². The van der Waals surface area contributed by atoms with Gasteiger partial charge in [-0.1, -0.05) is 0 Å². The van der Waals surface area contributed by atoms with Crippen LogP contribution in [0.4, 0.5) is 0 Å². The second kappa shape index (κ2) is 6.29. The van der Waals surface area contributed by atoms with Crippen molar-refractivity contribution in [2.45, 2.75) is 32.4 Å². The van der Waals surface area contributed by atoms with Gasteiger partial charge >= 0.3 is 0 Å². The number of furan rings is 1. The SMILES string of the molecule is Cc1cc(C(=O)NC(C)CC(O)c2ccco2)ncn1. The van der Waals surface area contributed by atoms with Crippen LogP contribution in [0.1, 0.15) is 41.4 Å². The van der Waals surface area contributed by atoms with E-state index >= 15 is 0 Å². The highest BCUT2D eigenvalue weighted by Crippen LogP contribution is 2.18. The Morgan fingerprint density at radius 3 is 2.95 bits per heavy atom. The van der Waals surface area contributed by atoms with Crippen molar-refractivity contribution in [3.05, 3.63) is 47.9 Å². The Morgan fingerprint density at radius 2 is 2.30 bits per heavy atom. The molecule has 2 heterocycles. The lowest BCUT2D eigenvalue weighted by atomic mass is 10.1. The highest BCUT2D eigenvalue weighted by molar-refractivity contribution is 5.92. The molecule has 0 spiro atoms. The fourth-order valence-corrected chi connectivity index (χ4v) is 1.87. The average molecular weight is 275 g/mol. The first kappa shape index (κ1) is 14.2. The minimum Gasteiger partial charge on any atom is -0.467 e. The lowest BCUT2D eigenvalue weighted by molar-refractivity contribution is 0.0898. The summed E-state index contributed by atoms with van der Waals surface area (Å²) in [6, 6.07) is 4.82. The zero-order chi connectivity index (χ0) is 14.5. The number of amides is 1. The van der Waals surface area contributed by atoms with Gasteiger partial charge in [0, 0.05) is 18.2 Å². The van der Waals surface area contributed by atoms with Crippen molar-refractivity contribution in [2.75, 3.05) is 0 Å². The number of aliphatic hydroxyl groups is 1. The summed E-state index contributed by atoms with van der Waals surface area (Å²) in [6.45, 7) is 3.61. The van der Waals surface area contributed by atoms with E-state index in [-0.39, 0.29) is 11.9 Å². The molecule has 6 heteroatoms. The molecule has 2 N–H and O–H groups in total. The van der Waals surface area contributed by atoms with Crippen LogP contribution in [0.15, 0.2) is 35.2 Å². The van der Waals surface area contributed by atoms with Crippen molar-refractivity contribution >= 4 is 5.91 Å². The summed E-state index contributed by atoms with van der Waals surface area (Å²) in [5.74, 6) is 0.207. The smallest absolute Gasteiger partial charge is 0.270 e. The number of aliphatic hydroxyl groups excluding tert-OH is 1. The second-order valence-corrected chi connectivity index (χ2v) is 4.69. The molecule has 1 amide bonds. The summed E-state index contributed by atoms with van der Waals surface area (Å²) in [5.41, 5.74) is 1.05. The van der Waals surface area contributed by atoms with Gasteiger partial charge < -0.3 is 14.8 Å². The Kier molecular flexibility index (Phi) is 4.47. The minimum absolute atomic E-state index is 0.210. The molecule has 6 nitrogen and oxygen atoms in total. The first-order chi connectivity index (χ1) is 9.56. The Labute approximate surface area is 116 Å². The molecular formula is C14H17N3O3. The van der Waals surface area contributed by atoms with E-state index in [1.807, 2.05) is 6.92 Å². The largest absolute Gasteiger partial charge is 0.467 e. The summed E-state index contributed by atoms with van der Waals surface area (Å²) in [7, 11) is 0. The molecule has 0 aliphatic carbocycles. The van der Waals surface area contributed by atoms with E-state index in [2.05, 4.69) is 15.3 Å². The van der Waals surface area contributed by atoms with Gasteiger partial charge in [-0.3, -0.25) is 4.79 Å². The maximum absolute atomic E-state index is 12.0. The minimum atomic E-state index is -0.743. The van der Waals surface area contributed by atoms with Gasteiger partial charge in [-0.15, -0.1) is 0 Å². The van der Waals surface area contributed by atoms with Crippen molar-refractivity contribution in [2.24, 2.45) is 0 Å². The van der Waals surface area contributed by atoms with Crippen LogP contribution in [-0.2, 0) is 0 Å². The zero-order valence-electron chi connectivity index (χ0n) is 11.4. The molecule has 2 unspecified atom stereocenters. The van der Waals surface area contributed by atoms with Gasteiger partial charge in [0.2, 0.25) is 0 Å². The number of aromatic nitrogens is 2. The number of hydrogen-bond donors (Lipinski definition) is 2. The van der Waals surface area contributed by atoms with Gasteiger partial charge in [0.05, 0.1) is 6.26 Å². The third-order valence-corrected chi connectivity index (χ3v) is 2.86. The molecule has 0 fully saturated rings. The van der Waals surface area contributed by atoms with E-state index in [9.17, 15) is 9.90 Å². The topological polar surface area (TPSA) is 88.2 Å². The van der Waals surface area contributed by atoms with Gasteiger partial charge in [-0.05, 0) is 32.0 Å². The predicted molar refractivity (Wildman–Crippen MR) is 72.0 cm³/mol. The zero-order valence-corrected chi connectivity index (χ0v) is 11.4. The Hall–Kier alpha value is -2.21. The van der Waals surface area contributed by atoms with Gasteiger partial charge in [-0.25, -0.2) is 9.97 Å². The molecule has 0 bridgehead atoms. The molecule has 0 saturated heterocycles. The van der Waals surface area contributed by atoms with Gasteiger partial charge in [0.25, 0.3) is 5.91 Å². The summed E-state index contributed by atoms with van der Waals surface area (Å²) < 4.78 is 5.12. The quantitative estimate of drug-likeness (QED) is 0.865. The van der Waals surface area contributed by atoms with Crippen LogP contribution >= 0.6 is 0 Å². The third-order valence-electron chi connectivity index (χ3n) is 2.86. The normalized spacial score (nSPS) is 13.8. The molecular weight excluding hydrogens is 258 g/mol. The number of aryl methyl sites for hydroxylation is 1. The van der Waals surface area contributed by atoms with Crippen LogP contribution < -0.4 is 5.32 Å². The molecule has 2 rings (SSSR count). The van der Waals surface area contributed by atoms with Crippen LogP contribution in [0.3, 0.4) is 0 Å². The molecule has 0 saturated carbocycles. The molecule has 2 atom stereocenters. The van der Waals surface area contributed by atoms with Crippen molar-refractivity contribution in [3.63, 3.8) is 0 Å². The number of hydrogen-bond acceptors (Lipinski definition) is 5. The van der Waals surface area contributed by atoms with Crippen molar-refractivity contribution in [1.29, 1.82) is 0 Å². The Balaban J connectivity index is 1.91. The summed E-state index contributed by atoms with van der Waals surface area (Å²) in [5, 5.41) is 12.7. The van der Waals surface area contributed by atoms with Crippen molar-refractivity contribution in [1.82, 2.24) is 15.3 Å². The van der Waals surface area contributed by atoms with Crippen LogP contribution in [0.2, 0.25) is 0 Å². The van der Waals surface area contributed by atoms with E-state index in [0.29, 0.717) is 17.9 Å². The van der Waals surface area contributed by atoms with Crippen LogP contribution in [0.5, 0.6) is 0 Å². The first-order valence-corrected chi connectivity index (χ1v) is 6.37. The molecule has 2 aromatic heterocycles. The van der Waals surface area contributed by atoms with Gasteiger partial charge in [0.15, 0.2) is 0 Å². The Morgan fingerprint density at radius 1 is 1.50 bits per heavy atom. The second-order valence-electron chi connectivity index (χ2n) is 4.69. The number of nitrogens with zero attached hydrogens (tertiary/aromatic N) is 2. The highest BCUT2D eigenvalue weighted by Gasteiger charge is 2.17. The first-order valence-electron chi connectivity index (χ1n) is 6.37. The standard InChI is InChI=1S/C14H17N3O3/c1-9-6-11(16-8-15-9)14(19)17-10(2)7-12(18)13-4-3-5-20-13/h3-6,8,10,12,18H,7H2,1-2H3,(H,17,19). The van der Waals surface area contributed by atoms with E-state index in [1.54, 1.807) is 25.1 Å². The molecule has 0 aromatic carbocycles. The monoisotopic (exact) mass is 275 g/mol. The Bertz CT molecular complexity index is 569. The van der Waals surface area contributed by atoms with Crippen molar-refractivity contribution in [3.8, 4) is 0 Å². The van der Waals surface area contributed by atoms with Crippen LogP contribution in [0.25, 0.3) is 0 Å². The summed E-state index contributed by atoms with van der Waals surface area (Å²) in [6.07, 6.45) is 2.48. The number of nitrogens with one attached hydrogen (secondary N) is 1. The van der Waals surface area contributed by atoms with Gasteiger partial charge in [-0.2, -0.15) is 0 Å². The number of rotatable bonds is 5. The maximum Gasteiger partial charge on any atom is 0.270 e. The van der Waals surface area contributed by atoms with E-state index < -0.39 is 6.10 Å².